The zero-order chi connectivity index (χ0) is 35.8. The van der Waals surface area contributed by atoms with Crippen LogP contribution >= 0.6 is 0 Å². The number of nitrogens with zero attached hydrogens (tertiary/aromatic N) is 4. The molecule has 0 saturated carbocycles. The summed E-state index contributed by atoms with van der Waals surface area (Å²) in [5, 5.41) is 38.5. The molecule has 0 fully saturated rings. The molecule has 50 heavy (non-hydrogen) atoms. The van der Waals surface area contributed by atoms with Crippen LogP contribution in [0.5, 0.6) is 23.0 Å². The van der Waals surface area contributed by atoms with Crippen molar-refractivity contribution in [3.05, 3.63) is 97.1 Å². The number of rotatable bonds is 9. The van der Waals surface area contributed by atoms with E-state index in [0.29, 0.717) is 11.1 Å². The van der Waals surface area contributed by atoms with Crippen LogP contribution in [0.1, 0.15) is 0 Å². The molecular formula is C34H26N4O10S2. The number of methoxy groups -OCH3 is 2. The predicted molar refractivity (Wildman–Crippen MR) is 184 cm³/mol. The van der Waals surface area contributed by atoms with E-state index in [-0.39, 0.29) is 67.3 Å². The second-order valence-corrected chi connectivity index (χ2v) is 13.5. The van der Waals surface area contributed by atoms with Gasteiger partial charge in [0.05, 0.1) is 14.2 Å². The number of phenols is 2. The molecular weight excluding hydrogens is 689 g/mol. The van der Waals surface area contributed by atoms with Crippen molar-refractivity contribution in [3.8, 4) is 34.1 Å². The average molecular weight is 715 g/mol. The molecule has 0 bridgehead atoms. The number of hydrogen-bond donors (Lipinski definition) is 4. The van der Waals surface area contributed by atoms with Gasteiger partial charge < -0.3 is 19.7 Å². The highest BCUT2D eigenvalue weighted by Gasteiger charge is 2.21. The van der Waals surface area contributed by atoms with E-state index < -0.39 is 30.0 Å². The maximum absolute atomic E-state index is 12.1. The van der Waals surface area contributed by atoms with E-state index in [9.17, 15) is 36.2 Å². The molecule has 0 aliphatic heterocycles. The molecule has 0 amide bonds. The first-order valence-electron chi connectivity index (χ1n) is 14.4. The van der Waals surface area contributed by atoms with Gasteiger partial charge in [0.25, 0.3) is 20.2 Å². The minimum absolute atomic E-state index is 0.120. The molecule has 0 radical (unpaired) electrons. The Kier molecular flexibility index (Phi) is 8.94. The van der Waals surface area contributed by atoms with Crippen LogP contribution in [-0.4, -0.2) is 50.4 Å². The lowest BCUT2D eigenvalue weighted by Crippen LogP contribution is -1.99. The molecule has 0 unspecified atom stereocenters. The van der Waals surface area contributed by atoms with Gasteiger partial charge in [-0.2, -0.15) is 16.8 Å². The third-order valence-corrected chi connectivity index (χ3v) is 9.48. The van der Waals surface area contributed by atoms with E-state index in [0.717, 1.165) is 12.1 Å². The molecule has 4 N–H and O–H groups in total. The Morgan fingerprint density at radius 2 is 0.820 bits per heavy atom. The third-order valence-electron chi connectivity index (χ3n) is 7.70. The van der Waals surface area contributed by atoms with Gasteiger partial charge >= 0.3 is 0 Å². The van der Waals surface area contributed by atoms with Crippen molar-refractivity contribution < 1.29 is 45.6 Å². The summed E-state index contributed by atoms with van der Waals surface area (Å²) in [6.07, 6.45) is 0. The van der Waals surface area contributed by atoms with Gasteiger partial charge in [-0.3, -0.25) is 9.11 Å². The van der Waals surface area contributed by atoms with Crippen LogP contribution in [0.3, 0.4) is 0 Å². The average Bonchev–Trinajstić information content (AvgIpc) is 3.10. The van der Waals surface area contributed by atoms with Crippen molar-refractivity contribution in [1.82, 2.24) is 0 Å². The fourth-order valence-electron chi connectivity index (χ4n) is 5.30. The standard InChI is InChI=1S/C34H26N4O10S2/c1-47-29-15-19(11-13-25(29)35-37-27-17-31(49(41,42)43)21-7-3-5-9-23(21)33(27)39)20-12-14-26(30(16-20)48-2)36-38-28-18-32(50(44,45)46)22-8-4-6-10-24(22)34(28)40/h3-18,39-40H,1-2H3,(H,41,42,43)(H,44,45,46). The topological polar surface area (TPSA) is 217 Å². The van der Waals surface area contributed by atoms with Crippen molar-refractivity contribution in [3.63, 3.8) is 0 Å². The highest BCUT2D eigenvalue weighted by Crippen LogP contribution is 2.43. The monoisotopic (exact) mass is 714 g/mol. The van der Waals surface area contributed by atoms with Crippen LogP contribution in [0.4, 0.5) is 22.7 Å². The van der Waals surface area contributed by atoms with Crippen LogP contribution in [0, 0.1) is 0 Å². The van der Waals surface area contributed by atoms with Gasteiger partial charge in [0, 0.05) is 21.5 Å². The molecule has 0 heterocycles. The fourth-order valence-corrected chi connectivity index (χ4v) is 6.73. The Morgan fingerprint density at radius 1 is 0.480 bits per heavy atom. The smallest absolute Gasteiger partial charge is 0.295 e. The number of fused-ring (bicyclic) bond motifs is 2. The minimum atomic E-state index is -4.65. The lowest BCUT2D eigenvalue weighted by molar-refractivity contribution is 0.415. The second kappa shape index (κ2) is 13.2. The zero-order valence-electron chi connectivity index (χ0n) is 26.1. The number of phenolic OH excluding ortho intramolecular Hbond substituents is 2. The molecule has 0 aliphatic rings. The summed E-state index contributed by atoms with van der Waals surface area (Å²) in [5.41, 5.74) is 1.43. The molecule has 0 atom stereocenters. The quantitative estimate of drug-likeness (QED) is 0.0827. The maximum atomic E-state index is 12.1. The Labute approximate surface area is 285 Å². The summed E-state index contributed by atoms with van der Waals surface area (Å²) in [4.78, 5) is -0.868. The van der Waals surface area contributed by atoms with Gasteiger partial charge in [0.1, 0.15) is 44.0 Å². The molecule has 6 aromatic rings. The van der Waals surface area contributed by atoms with Crippen LogP contribution in [0.25, 0.3) is 32.7 Å². The van der Waals surface area contributed by atoms with E-state index in [1.807, 2.05) is 0 Å². The molecule has 16 heteroatoms. The van der Waals surface area contributed by atoms with Gasteiger partial charge in [0.2, 0.25) is 0 Å². The van der Waals surface area contributed by atoms with Gasteiger partial charge in [-0.15, -0.1) is 20.5 Å². The summed E-state index contributed by atoms with van der Waals surface area (Å²) in [6, 6.07) is 24.2. The third kappa shape index (κ3) is 6.55. The molecule has 0 aromatic heterocycles. The van der Waals surface area contributed by atoms with Crippen LogP contribution in [0.15, 0.2) is 127 Å². The molecule has 254 valence electrons. The van der Waals surface area contributed by atoms with Crippen molar-refractivity contribution in [2.75, 3.05) is 14.2 Å². The van der Waals surface area contributed by atoms with Gasteiger partial charge in [-0.25, -0.2) is 0 Å². The Balaban J connectivity index is 1.32. The second-order valence-electron chi connectivity index (χ2n) is 10.7. The van der Waals surface area contributed by atoms with Crippen molar-refractivity contribution in [2.24, 2.45) is 20.5 Å². The van der Waals surface area contributed by atoms with Gasteiger partial charge in [-0.05, 0) is 47.5 Å². The normalized spacial score (nSPS) is 12.3. The van der Waals surface area contributed by atoms with Gasteiger partial charge in [0.15, 0.2) is 11.5 Å². The largest absolute Gasteiger partial charge is 0.505 e. The van der Waals surface area contributed by atoms with E-state index in [4.69, 9.17) is 9.47 Å². The van der Waals surface area contributed by atoms with Crippen molar-refractivity contribution >= 4 is 64.5 Å². The molecule has 6 aromatic carbocycles. The number of benzene rings is 6. The first-order valence-corrected chi connectivity index (χ1v) is 17.3. The molecule has 0 spiro atoms. The molecule has 0 saturated heterocycles. The van der Waals surface area contributed by atoms with Crippen molar-refractivity contribution in [2.45, 2.75) is 9.79 Å². The number of aromatic hydroxyl groups is 2. The van der Waals surface area contributed by atoms with E-state index >= 15 is 0 Å². The fraction of sp³-hybridized carbons (Fsp3) is 0.0588. The first kappa shape index (κ1) is 33.9. The van der Waals surface area contributed by atoms with Gasteiger partial charge in [-0.1, -0.05) is 60.7 Å². The zero-order valence-corrected chi connectivity index (χ0v) is 27.7. The summed E-state index contributed by atoms with van der Waals surface area (Å²) < 4.78 is 78.8. The first-order chi connectivity index (χ1) is 23.8. The lowest BCUT2D eigenvalue weighted by atomic mass is 10.0. The lowest BCUT2D eigenvalue weighted by Gasteiger charge is -2.11. The summed E-state index contributed by atoms with van der Waals surface area (Å²) in [7, 11) is -6.46. The highest BCUT2D eigenvalue weighted by atomic mass is 32.2. The van der Waals surface area contributed by atoms with Crippen LogP contribution in [-0.2, 0) is 20.2 Å². The Morgan fingerprint density at radius 3 is 1.16 bits per heavy atom. The predicted octanol–water partition coefficient (Wildman–Crippen LogP) is 8.41. The van der Waals surface area contributed by atoms with E-state index in [1.165, 1.54) is 38.5 Å². The highest BCUT2D eigenvalue weighted by molar-refractivity contribution is 7.86. The van der Waals surface area contributed by atoms with E-state index in [2.05, 4.69) is 20.5 Å². The van der Waals surface area contributed by atoms with E-state index in [1.54, 1.807) is 60.7 Å². The SMILES string of the molecule is COc1cc(-c2ccc(N=Nc3cc(S(=O)(=O)O)c4ccccc4c3O)c(OC)c2)ccc1N=Nc1cc(S(=O)(=O)O)c2ccccc2c1O. The number of azo groups is 2. The minimum Gasteiger partial charge on any atom is -0.505 e. The number of ether oxygens (including phenoxy) is 2. The molecule has 6 rings (SSSR count). The summed E-state index contributed by atoms with van der Waals surface area (Å²) in [6.45, 7) is 0. The Bertz CT molecular complexity index is 2430. The Hall–Kier alpha value is -5.94. The summed E-state index contributed by atoms with van der Waals surface area (Å²) in [5.74, 6) is -0.0888. The molecule has 0 aliphatic carbocycles. The maximum Gasteiger partial charge on any atom is 0.295 e. The van der Waals surface area contributed by atoms with Crippen LogP contribution in [0.2, 0.25) is 0 Å². The number of hydrogen-bond acceptors (Lipinski definition) is 12. The van der Waals surface area contributed by atoms with Crippen molar-refractivity contribution in [1.29, 1.82) is 0 Å². The van der Waals surface area contributed by atoms with Crippen LogP contribution < -0.4 is 9.47 Å². The summed E-state index contributed by atoms with van der Waals surface area (Å²) >= 11 is 0. The molecule has 14 nitrogen and oxygen atoms in total.